The van der Waals surface area contributed by atoms with Crippen molar-refractivity contribution in [2.45, 2.75) is 0 Å². The third-order valence-electron chi connectivity index (χ3n) is 3.59. The molecule has 0 aliphatic carbocycles. The molecule has 0 saturated carbocycles. The van der Waals surface area contributed by atoms with Crippen molar-refractivity contribution in [2.75, 3.05) is 23.4 Å². The van der Waals surface area contributed by atoms with Gasteiger partial charge in [0.2, 0.25) is 0 Å². The highest BCUT2D eigenvalue weighted by Crippen LogP contribution is 2.25. The summed E-state index contributed by atoms with van der Waals surface area (Å²) in [5.41, 5.74) is 4.51. The zero-order chi connectivity index (χ0) is 19.4. The number of carbonyl (C=O) groups is 1. The fourth-order valence-corrected chi connectivity index (χ4v) is 2.29. The minimum atomic E-state index is -1.18. The van der Waals surface area contributed by atoms with Gasteiger partial charge in [-0.1, -0.05) is 0 Å². The number of nitrogens with two attached hydrogens (primary N) is 1. The molecule has 0 fully saturated rings. The van der Waals surface area contributed by atoms with Crippen molar-refractivity contribution in [1.29, 1.82) is 16.1 Å². The number of nitriles is 1. The van der Waals surface area contributed by atoms with E-state index in [4.69, 9.17) is 21.8 Å². The molecule has 0 aliphatic rings. The van der Waals surface area contributed by atoms with Crippen LogP contribution >= 0.6 is 0 Å². The van der Waals surface area contributed by atoms with Crippen LogP contribution < -0.4 is 16.4 Å². The molecule has 0 saturated heterocycles. The van der Waals surface area contributed by atoms with Crippen LogP contribution in [0.15, 0.2) is 24.3 Å². The SMILES string of the molecule is CNc1cc(F)c(C(=O)Nc2ccc(N)c(C(=N)C#N)c2)c(F)c1C=N. The highest BCUT2D eigenvalue weighted by atomic mass is 19.1. The largest absolute Gasteiger partial charge is 0.398 e. The van der Waals surface area contributed by atoms with Crippen molar-refractivity contribution in [3.63, 3.8) is 0 Å². The zero-order valence-electron chi connectivity index (χ0n) is 13.6. The maximum Gasteiger partial charge on any atom is 0.261 e. The summed E-state index contributed by atoms with van der Waals surface area (Å²) < 4.78 is 28.7. The number of hydrogen-bond donors (Lipinski definition) is 5. The van der Waals surface area contributed by atoms with Gasteiger partial charge in [-0.2, -0.15) is 5.26 Å². The number of amides is 1. The van der Waals surface area contributed by atoms with E-state index >= 15 is 0 Å². The molecule has 9 heteroatoms. The predicted molar refractivity (Wildman–Crippen MR) is 95.0 cm³/mol. The average molecular weight is 356 g/mol. The summed E-state index contributed by atoms with van der Waals surface area (Å²) in [4.78, 5) is 12.3. The lowest BCUT2D eigenvalue weighted by Crippen LogP contribution is -2.18. The molecular formula is C17H14F2N6O. The molecule has 2 aromatic rings. The summed E-state index contributed by atoms with van der Waals surface area (Å²) in [6.07, 6.45) is 0.674. The van der Waals surface area contributed by atoms with Gasteiger partial charge in [-0.15, -0.1) is 0 Å². The molecule has 0 atom stereocenters. The maximum absolute atomic E-state index is 14.5. The molecule has 0 bridgehead atoms. The van der Waals surface area contributed by atoms with Gasteiger partial charge in [-0.05, 0) is 24.3 Å². The fraction of sp³-hybridized carbons (Fsp3) is 0.0588. The average Bonchev–Trinajstić information content (AvgIpc) is 2.62. The zero-order valence-corrected chi connectivity index (χ0v) is 13.6. The molecule has 2 rings (SSSR count). The van der Waals surface area contributed by atoms with Crippen molar-refractivity contribution in [1.82, 2.24) is 0 Å². The van der Waals surface area contributed by atoms with E-state index in [9.17, 15) is 13.6 Å². The van der Waals surface area contributed by atoms with Gasteiger partial charge < -0.3 is 21.8 Å². The molecule has 6 N–H and O–H groups in total. The van der Waals surface area contributed by atoms with Gasteiger partial charge in [0.1, 0.15) is 29.0 Å². The minimum absolute atomic E-state index is 0.0313. The van der Waals surface area contributed by atoms with E-state index in [2.05, 4.69) is 10.6 Å². The highest BCUT2D eigenvalue weighted by Gasteiger charge is 2.23. The van der Waals surface area contributed by atoms with E-state index in [-0.39, 0.29) is 28.2 Å². The van der Waals surface area contributed by atoms with Crippen LogP contribution in [0, 0.1) is 33.8 Å². The summed E-state index contributed by atoms with van der Waals surface area (Å²) >= 11 is 0. The Balaban J connectivity index is 2.45. The van der Waals surface area contributed by atoms with E-state index in [0.29, 0.717) is 6.21 Å². The van der Waals surface area contributed by atoms with Gasteiger partial charge in [0.25, 0.3) is 5.91 Å². The monoisotopic (exact) mass is 356 g/mol. The van der Waals surface area contributed by atoms with Crippen LogP contribution in [-0.4, -0.2) is 24.9 Å². The Kier molecular flexibility index (Phi) is 5.27. The van der Waals surface area contributed by atoms with Gasteiger partial charge in [-0.25, -0.2) is 8.78 Å². The second-order valence-electron chi connectivity index (χ2n) is 5.15. The summed E-state index contributed by atoms with van der Waals surface area (Å²) in [6.45, 7) is 0. The molecule has 0 aliphatic heterocycles. The Morgan fingerprint density at radius 1 is 1.35 bits per heavy atom. The van der Waals surface area contributed by atoms with Crippen LogP contribution in [0.25, 0.3) is 0 Å². The second kappa shape index (κ2) is 7.40. The van der Waals surface area contributed by atoms with Gasteiger partial charge in [-0.3, -0.25) is 10.2 Å². The van der Waals surface area contributed by atoms with Gasteiger partial charge in [0, 0.05) is 35.9 Å². The van der Waals surface area contributed by atoms with Crippen molar-refractivity contribution in [2.24, 2.45) is 0 Å². The molecule has 0 aromatic heterocycles. The Hall–Kier alpha value is -3.80. The number of nitrogens with zero attached hydrogens (tertiary/aromatic N) is 1. The van der Waals surface area contributed by atoms with E-state index in [1.807, 2.05) is 0 Å². The Morgan fingerprint density at radius 3 is 2.62 bits per heavy atom. The van der Waals surface area contributed by atoms with E-state index in [0.717, 1.165) is 6.07 Å². The number of carbonyl (C=O) groups excluding carboxylic acids is 1. The number of nitrogen functional groups attached to an aromatic ring is 1. The van der Waals surface area contributed by atoms with Crippen molar-refractivity contribution in [3.05, 3.63) is 52.6 Å². The smallest absolute Gasteiger partial charge is 0.261 e. The highest BCUT2D eigenvalue weighted by molar-refractivity contribution is 6.14. The Morgan fingerprint density at radius 2 is 2.04 bits per heavy atom. The van der Waals surface area contributed by atoms with Gasteiger partial charge >= 0.3 is 0 Å². The third-order valence-corrected chi connectivity index (χ3v) is 3.59. The number of rotatable bonds is 5. The first kappa shape index (κ1) is 18.5. The fourth-order valence-electron chi connectivity index (χ4n) is 2.29. The Labute approximate surface area is 147 Å². The molecule has 26 heavy (non-hydrogen) atoms. The van der Waals surface area contributed by atoms with Crippen LogP contribution in [0.2, 0.25) is 0 Å². The molecule has 0 spiro atoms. The summed E-state index contributed by atoms with van der Waals surface area (Å²) in [6, 6.07) is 6.52. The topological polar surface area (TPSA) is 139 Å². The summed E-state index contributed by atoms with van der Waals surface area (Å²) in [5, 5.41) is 28.4. The lowest BCUT2D eigenvalue weighted by Gasteiger charge is -2.13. The molecule has 7 nitrogen and oxygen atoms in total. The van der Waals surface area contributed by atoms with Gasteiger partial charge in [0.15, 0.2) is 0 Å². The normalized spacial score (nSPS) is 9.92. The maximum atomic E-state index is 14.5. The molecule has 0 radical (unpaired) electrons. The van der Waals surface area contributed by atoms with E-state index in [1.165, 1.54) is 25.2 Å². The third kappa shape index (κ3) is 3.34. The van der Waals surface area contributed by atoms with Crippen LogP contribution in [0.5, 0.6) is 0 Å². The van der Waals surface area contributed by atoms with E-state index < -0.39 is 28.8 Å². The van der Waals surface area contributed by atoms with Gasteiger partial charge in [0.05, 0.1) is 5.56 Å². The number of halogens is 2. The number of hydrogen-bond acceptors (Lipinski definition) is 6. The second-order valence-corrected chi connectivity index (χ2v) is 5.15. The van der Waals surface area contributed by atoms with Crippen molar-refractivity contribution < 1.29 is 13.6 Å². The Bertz CT molecular complexity index is 965. The van der Waals surface area contributed by atoms with E-state index in [1.54, 1.807) is 6.07 Å². The summed E-state index contributed by atoms with van der Waals surface area (Å²) in [5.74, 6) is -3.36. The first-order valence-electron chi connectivity index (χ1n) is 7.24. The van der Waals surface area contributed by atoms with Crippen LogP contribution in [-0.2, 0) is 0 Å². The first-order chi connectivity index (χ1) is 12.3. The van der Waals surface area contributed by atoms with Crippen LogP contribution in [0.4, 0.5) is 25.8 Å². The number of nitrogens with one attached hydrogen (secondary N) is 4. The molecule has 0 unspecified atom stereocenters. The predicted octanol–water partition coefficient (Wildman–Crippen LogP) is 2.73. The lowest BCUT2D eigenvalue weighted by molar-refractivity contribution is 0.101. The first-order valence-corrected chi connectivity index (χ1v) is 7.24. The van der Waals surface area contributed by atoms with Crippen LogP contribution in [0.3, 0.4) is 0 Å². The number of anilines is 3. The lowest BCUT2D eigenvalue weighted by atomic mass is 10.1. The molecule has 0 heterocycles. The molecule has 2 aromatic carbocycles. The van der Waals surface area contributed by atoms with Crippen molar-refractivity contribution >= 4 is 34.9 Å². The van der Waals surface area contributed by atoms with Crippen molar-refractivity contribution in [3.8, 4) is 6.07 Å². The molecule has 1 amide bonds. The van der Waals surface area contributed by atoms with Crippen LogP contribution in [0.1, 0.15) is 21.5 Å². The number of benzene rings is 2. The summed E-state index contributed by atoms with van der Waals surface area (Å²) in [7, 11) is 1.43. The molecule has 132 valence electrons. The quantitative estimate of drug-likeness (QED) is 0.415. The molecular weight excluding hydrogens is 342 g/mol. The standard InChI is InChI=1S/C17H14F2N6O/c1-24-14-5-11(18)15(16(19)10(14)6-20)17(26)25-8-2-3-12(22)9(4-8)13(23)7-21/h2-6,20,23-24H,22H2,1H3,(H,25,26). The minimum Gasteiger partial charge on any atom is -0.398 e.